The molecule has 0 saturated carbocycles. The molecule has 0 saturated heterocycles. The molecule has 1 atom stereocenters. The van der Waals surface area contributed by atoms with Crippen LogP contribution < -0.4 is 10.9 Å². The van der Waals surface area contributed by atoms with E-state index in [0.717, 1.165) is 16.7 Å². The van der Waals surface area contributed by atoms with Crippen molar-refractivity contribution in [2.45, 2.75) is 13.0 Å². The van der Waals surface area contributed by atoms with Crippen LogP contribution in [0.15, 0.2) is 47.3 Å². The first-order valence-corrected chi connectivity index (χ1v) is 7.35. The lowest BCUT2D eigenvalue weighted by Crippen LogP contribution is -2.32. The molecule has 1 aromatic heterocycles. The Morgan fingerprint density at radius 1 is 1.24 bits per heavy atom. The molecule has 8 heteroatoms. The minimum atomic E-state index is -1.31. The normalized spacial score (nSPS) is 12.1. The van der Waals surface area contributed by atoms with Gasteiger partial charge < -0.3 is 10.4 Å². The summed E-state index contributed by atoms with van der Waals surface area (Å²) in [4.78, 5) is 28.0. The minimum Gasteiger partial charge on any atom is -0.465 e. The molecule has 0 aliphatic heterocycles. The summed E-state index contributed by atoms with van der Waals surface area (Å²) in [6.07, 6.45) is -1.31. The zero-order valence-electron chi connectivity index (χ0n) is 13.0. The van der Waals surface area contributed by atoms with Crippen molar-refractivity contribution in [2.75, 3.05) is 0 Å². The van der Waals surface area contributed by atoms with E-state index in [1.165, 1.54) is 37.3 Å². The predicted octanol–water partition coefficient (Wildman–Crippen LogP) is 2.99. The number of amides is 1. The second kappa shape index (κ2) is 6.31. The molecule has 0 fully saturated rings. The third-order valence-corrected chi connectivity index (χ3v) is 3.67. The van der Waals surface area contributed by atoms with Gasteiger partial charge in [-0.3, -0.25) is 9.36 Å². The van der Waals surface area contributed by atoms with Crippen LogP contribution in [0.2, 0.25) is 0 Å². The minimum absolute atomic E-state index is 0.0242. The molecule has 6 nitrogen and oxygen atoms in total. The van der Waals surface area contributed by atoms with E-state index >= 15 is 0 Å². The highest BCUT2D eigenvalue weighted by Gasteiger charge is 2.21. The van der Waals surface area contributed by atoms with Crippen LogP contribution in [0.25, 0.3) is 16.6 Å². The molecule has 0 radical (unpaired) electrons. The molecular weight excluding hydrogens is 332 g/mol. The lowest BCUT2D eigenvalue weighted by molar-refractivity contribution is 0.190. The van der Waals surface area contributed by atoms with Gasteiger partial charge in [0.2, 0.25) is 0 Å². The first-order chi connectivity index (χ1) is 11.9. The van der Waals surface area contributed by atoms with Gasteiger partial charge in [0.25, 0.3) is 5.56 Å². The molecule has 1 unspecified atom stereocenters. The van der Waals surface area contributed by atoms with Crippen LogP contribution in [0.4, 0.5) is 13.6 Å². The number of halogens is 2. The summed E-state index contributed by atoms with van der Waals surface area (Å²) in [5.74, 6) is -1.33. The first-order valence-electron chi connectivity index (χ1n) is 7.35. The fraction of sp³-hybridized carbons (Fsp3) is 0.118. The maximum Gasteiger partial charge on any atom is 0.405 e. The van der Waals surface area contributed by atoms with Gasteiger partial charge in [-0.05, 0) is 37.3 Å². The van der Waals surface area contributed by atoms with Gasteiger partial charge in [-0.25, -0.2) is 18.6 Å². The van der Waals surface area contributed by atoms with Crippen LogP contribution in [0.1, 0.15) is 18.8 Å². The van der Waals surface area contributed by atoms with Crippen molar-refractivity contribution < 1.29 is 18.7 Å². The number of carbonyl (C=O) groups is 1. The summed E-state index contributed by atoms with van der Waals surface area (Å²) < 4.78 is 28.7. The number of nitrogens with one attached hydrogen (secondary N) is 1. The summed E-state index contributed by atoms with van der Waals surface area (Å²) in [5.41, 5.74) is -0.536. The van der Waals surface area contributed by atoms with E-state index < -0.39 is 29.3 Å². The van der Waals surface area contributed by atoms with Gasteiger partial charge in [-0.2, -0.15) is 0 Å². The molecule has 0 aliphatic carbocycles. The smallest absolute Gasteiger partial charge is 0.405 e. The molecular formula is C17H13F2N3O3. The molecule has 2 aromatic carbocycles. The van der Waals surface area contributed by atoms with Crippen LogP contribution in [0.5, 0.6) is 0 Å². The fourth-order valence-corrected chi connectivity index (χ4v) is 2.61. The molecule has 128 valence electrons. The molecule has 3 rings (SSSR count). The van der Waals surface area contributed by atoms with Gasteiger partial charge in [0.15, 0.2) is 0 Å². The van der Waals surface area contributed by atoms with Crippen molar-refractivity contribution >= 4 is 17.0 Å². The monoisotopic (exact) mass is 345 g/mol. The van der Waals surface area contributed by atoms with Gasteiger partial charge >= 0.3 is 6.09 Å². The SMILES string of the molecule is CC(NC(=O)O)c1nc2cccc(F)c2c(=O)n1-c1cccc(F)c1. The highest BCUT2D eigenvalue weighted by Crippen LogP contribution is 2.20. The van der Waals surface area contributed by atoms with E-state index in [1.54, 1.807) is 0 Å². The van der Waals surface area contributed by atoms with Crippen LogP contribution in [0.3, 0.4) is 0 Å². The fourth-order valence-electron chi connectivity index (χ4n) is 2.61. The Labute approximate surface area is 140 Å². The molecule has 0 aliphatic rings. The number of hydrogen-bond donors (Lipinski definition) is 2. The van der Waals surface area contributed by atoms with E-state index in [2.05, 4.69) is 10.3 Å². The van der Waals surface area contributed by atoms with Crippen LogP contribution in [-0.2, 0) is 0 Å². The summed E-state index contributed by atoms with van der Waals surface area (Å²) in [7, 11) is 0. The first kappa shape index (κ1) is 16.6. The Bertz CT molecular complexity index is 1030. The standard InChI is InChI=1S/C17H13F2N3O3/c1-9(20-17(24)25)15-21-13-7-3-6-12(19)14(13)16(23)22(15)11-5-2-4-10(18)8-11/h2-9,20H,1H3,(H,24,25). The number of hydrogen-bond acceptors (Lipinski definition) is 3. The quantitative estimate of drug-likeness (QED) is 0.764. The predicted molar refractivity (Wildman–Crippen MR) is 86.8 cm³/mol. The Morgan fingerprint density at radius 2 is 1.96 bits per heavy atom. The molecule has 3 aromatic rings. The van der Waals surface area contributed by atoms with Crippen molar-refractivity contribution in [1.82, 2.24) is 14.9 Å². The van der Waals surface area contributed by atoms with E-state index in [4.69, 9.17) is 5.11 Å². The van der Waals surface area contributed by atoms with Crippen molar-refractivity contribution in [3.8, 4) is 5.69 Å². The van der Waals surface area contributed by atoms with Crippen molar-refractivity contribution in [3.63, 3.8) is 0 Å². The highest BCUT2D eigenvalue weighted by atomic mass is 19.1. The lowest BCUT2D eigenvalue weighted by atomic mass is 10.2. The van der Waals surface area contributed by atoms with E-state index in [9.17, 15) is 18.4 Å². The van der Waals surface area contributed by atoms with Crippen molar-refractivity contribution in [2.24, 2.45) is 0 Å². The molecule has 1 amide bonds. The molecule has 25 heavy (non-hydrogen) atoms. The maximum atomic E-state index is 14.1. The lowest BCUT2D eigenvalue weighted by Gasteiger charge is -2.18. The average molecular weight is 345 g/mol. The van der Waals surface area contributed by atoms with Crippen LogP contribution in [-0.4, -0.2) is 20.8 Å². The van der Waals surface area contributed by atoms with Gasteiger partial charge in [-0.15, -0.1) is 0 Å². The summed E-state index contributed by atoms with van der Waals surface area (Å²) >= 11 is 0. The second-order valence-electron chi connectivity index (χ2n) is 5.40. The van der Waals surface area contributed by atoms with E-state index in [0.29, 0.717) is 0 Å². The summed E-state index contributed by atoms with van der Waals surface area (Å²) in [5, 5.41) is 10.9. The van der Waals surface area contributed by atoms with Gasteiger partial charge in [0.1, 0.15) is 22.8 Å². The number of rotatable bonds is 3. The summed E-state index contributed by atoms with van der Waals surface area (Å²) in [6, 6.07) is 8.22. The highest BCUT2D eigenvalue weighted by molar-refractivity contribution is 5.78. The van der Waals surface area contributed by atoms with E-state index in [1.807, 2.05) is 0 Å². The third-order valence-electron chi connectivity index (χ3n) is 3.67. The Balaban J connectivity index is 2.38. The van der Waals surface area contributed by atoms with Gasteiger partial charge in [-0.1, -0.05) is 12.1 Å². The van der Waals surface area contributed by atoms with Crippen LogP contribution >= 0.6 is 0 Å². The van der Waals surface area contributed by atoms with Gasteiger partial charge in [0.05, 0.1) is 17.2 Å². The Morgan fingerprint density at radius 3 is 2.64 bits per heavy atom. The number of nitrogens with zero attached hydrogens (tertiary/aromatic N) is 2. The second-order valence-corrected chi connectivity index (χ2v) is 5.40. The largest absolute Gasteiger partial charge is 0.465 e. The molecule has 0 spiro atoms. The molecule has 0 bridgehead atoms. The topological polar surface area (TPSA) is 84.2 Å². The molecule has 2 N–H and O–H groups in total. The van der Waals surface area contributed by atoms with Crippen molar-refractivity contribution in [3.05, 3.63) is 70.3 Å². The zero-order valence-corrected chi connectivity index (χ0v) is 13.0. The number of aromatic nitrogens is 2. The zero-order chi connectivity index (χ0) is 18.1. The van der Waals surface area contributed by atoms with E-state index in [-0.39, 0.29) is 22.4 Å². The van der Waals surface area contributed by atoms with Crippen LogP contribution in [0, 0.1) is 11.6 Å². The summed E-state index contributed by atoms with van der Waals surface area (Å²) in [6.45, 7) is 1.48. The number of carboxylic acid groups (broad SMARTS) is 1. The third kappa shape index (κ3) is 3.06. The Kier molecular flexibility index (Phi) is 4.18. The van der Waals surface area contributed by atoms with Crippen molar-refractivity contribution in [1.29, 1.82) is 0 Å². The molecule has 1 heterocycles. The van der Waals surface area contributed by atoms with Gasteiger partial charge in [0, 0.05) is 0 Å². The Hall–Kier alpha value is -3.29. The number of benzene rings is 2. The number of fused-ring (bicyclic) bond motifs is 1. The maximum absolute atomic E-state index is 14.1. The average Bonchev–Trinajstić information content (AvgIpc) is 2.53.